The fourth-order valence-electron chi connectivity index (χ4n) is 1.61. The first-order valence-corrected chi connectivity index (χ1v) is 5.34. The molecule has 0 amide bonds. The summed E-state index contributed by atoms with van der Waals surface area (Å²) in [6.07, 6.45) is 5.24. The standard InChI is InChI=1S/C13H14FN3/c1-3-17-9-11(8-16-17)7-15-13-5-10(2)4-12(14)6-13/h3-6,8-9,15H,1,7H2,2H3. The van der Waals surface area contributed by atoms with Gasteiger partial charge in [0.15, 0.2) is 0 Å². The predicted octanol–water partition coefficient (Wildman–Crippen LogP) is 3.04. The zero-order valence-corrected chi connectivity index (χ0v) is 9.65. The summed E-state index contributed by atoms with van der Waals surface area (Å²) in [5, 5.41) is 7.22. The maximum atomic E-state index is 13.1. The van der Waals surface area contributed by atoms with Crippen molar-refractivity contribution < 1.29 is 4.39 Å². The lowest BCUT2D eigenvalue weighted by Crippen LogP contribution is -1.99. The van der Waals surface area contributed by atoms with Crippen LogP contribution in [0.2, 0.25) is 0 Å². The molecule has 88 valence electrons. The molecule has 4 heteroatoms. The van der Waals surface area contributed by atoms with Crippen LogP contribution < -0.4 is 5.32 Å². The van der Waals surface area contributed by atoms with Gasteiger partial charge in [0.25, 0.3) is 0 Å². The van der Waals surface area contributed by atoms with Crippen molar-refractivity contribution in [1.29, 1.82) is 0 Å². The van der Waals surface area contributed by atoms with Crippen molar-refractivity contribution in [3.8, 4) is 0 Å². The highest BCUT2D eigenvalue weighted by molar-refractivity contribution is 5.46. The molecule has 1 aromatic heterocycles. The van der Waals surface area contributed by atoms with Gasteiger partial charge in [0, 0.05) is 30.2 Å². The van der Waals surface area contributed by atoms with Gasteiger partial charge in [0.05, 0.1) is 6.20 Å². The SMILES string of the molecule is C=Cn1cc(CNc2cc(C)cc(F)c2)cn1. The molecule has 0 atom stereocenters. The molecule has 0 aliphatic rings. The Morgan fingerprint density at radius 3 is 2.94 bits per heavy atom. The van der Waals surface area contributed by atoms with Gasteiger partial charge in [-0.25, -0.2) is 9.07 Å². The third-order valence-electron chi connectivity index (χ3n) is 2.38. The molecule has 0 saturated carbocycles. The Bertz CT molecular complexity index is 511. The van der Waals surface area contributed by atoms with Crippen LogP contribution in [0.4, 0.5) is 10.1 Å². The van der Waals surface area contributed by atoms with Crippen molar-refractivity contribution in [2.45, 2.75) is 13.5 Å². The molecule has 1 aromatic carbocycles. The van der Waals surface area contributed by atoms with Gasteiger partial charge in [-0.1, -0.05) is 6.58 Å². The van der Waals surface area contributed by atoms with Gasteiger partial charge < -0.3 is 5.32 Å². The van der Waals surface area contributed by atoms with E-state index in [1.807, 2.05) is 19.2 Å². The number of aromatic nitrogens is 2. The monoisotopic (exact) mass is 231 g/mol. The molecular weight excluding hydrogens is 217 g/mol. The van der Waals surface area contributed by atoms with E-state index in [2.05, 4.69) is 17.0 Å². The molecule has 0 spiro atoms. The molecule has 0 bridgehead atoms. The number of aryl methyl sites for hydroxylation is 1. The summed E-state index contributed by atoms with van der Waals surface area (Å²) >= 11 is 0. The third-order valence-corrected chi connectivity index (χ3v) is 2.38. The van der Waals surface area contributed by atoms with Gasteiger partial charge in [-0.05, 0) is 30.7 Å². The van der Waals surface area contributed by atoms with Gasteiger partial charge >= 0.3 is 0 Å². The zero-order chi connectivity index (χ0) is 12.3. The summed E-state index contributed by atoms with van der Waals surface area (Å²) in [6.45, 7) is 6.09. The number of halogens is 1. The van der Waals surface area contributed by atoms with E-state index in [-0.39, 0.29) is 5.82 Å². The minimum atomic E-state index is -0.228. The van der Waals surface area contributed by atoms with Crippen molar-refractivity contribution in [2.75, 3.05) is 5.32 Å². The molecule has 1 heterocycles. The van der Waals surface area contributed by atoms with E-state index in [9.17, 15) is 4.39 Å². The Kier molecular flexibility index (Phi) is 3.23. The number of rotatable bonds is 4. The Hall–Kier alpha value is -2.10. The quantitative estimate of drug-likeness (QED) is 0.876. The van der Waals surface area contributed by atoms with Gasteiger partial charge in [0.2, 0.25) is 0 Å². The van der Waals surface area contributed by atoms with E-state index < -0.39 is 0 Å². The number of hydrogen-bond donors (Lipinski definition) is 1. The molecule has 1 N–H and O–H groups in total. The van der Waals surface area contributed by atoms with Crippen molar-refractivity contribution in [3.63, 3.8) is 0 Å². The number of hydrogen-bond acceptors (Lipinski definition) is 2. The van der Waals surface area contributed by atoms with Crippen LogP contribution in [0.1, 0.15) is 11.1 Å². The fourth-order valence-corrected chi connectivity index (χ4v) is 1.61. The van der Waals surface area contributed by atoms with E-state index in [0.29, 0.717) is 6.54 Å². The van der Waals surface area contributed by atoms with Crippen LogP contribution in [-0.2, 0) is 6.54 Å². The molecule has 0 aliphatic heterocycles. The van der Waals surface area contributed by atoms with E-state index in [1.165, 1.54) is 12.1 Å². The van der Waals surface area contributed by atoms with E-state index in [0.717, 1.165) is 16.8 Å². The van der Waals surface area contributed by atoms with E-state index >= 15 is 0 Å². The molecule has 0 saturated heterocycles. The summed E-state index contributed by atoms with van der Waals surface area (Å²) in [4.78, 5) is 0. The van der Waals surface area contributed by atoms with Crippen LogP contribution in [0.5, 0.6) is 0 Å². The van der Waals surface area contributed by atoms with Crippen molar-refractivity contribution in [2.24, 2.45) is 0 Å². The second kappa shape index (κ2) is 4.82. The van der Waals surface area contributed by atoms with E-state index in [1.54, 1.807) is 17.1 Å². The molecule has 0 unspecified atom stereocenters. The first kappa shape index (κ1) is 11.4. The van der Waals surface area contributed by atoms with Crippen LogP contribution in [0.25, 0.3) is 6.20 Å². The average Bonchev–Trinajstić information content (AvgIpc) is 2.73. The summed E-state index contributed by atoms with van der Waals surface area (Å²) in [7, 11) is 0. The Morgan fingerprint density at radius 2 is 2.29 bits per heavy atom. The Balaban J connectivity index is 2.04. The third kappa shape index (κ3) is 2.93. The van der Waals surface area contributed by atoms with Crippen LogP contribution in [-0.4, -0.2) is 9.78 Å². The maximum Gasteiger partial charge on any atom is 0.125 e. The second-order valence-electron chi connectivity index (χ2n) is 3.88. The number of benzene rings is 1. The minimum absolute atomic E-state index is 0.228. The Morgan fingerprint density at radius 1 is 1.47 bits per heavy atom. The Labute approximate surface area is 99.6 Å². The lowest BCUT2D eigenvalue weighted by molar-refractivity contribution is 0.627. The molecule has 17 heavy (non-hydrogen) atoms. The lowest BCUT2D eigenvalue weighted by Gasteiger charge is -2.05. The van der Waals surface area contributed by atoms with Crippen molar-refractivity contribution in [3.05, 3.63) is 54.1 Å². The summed E-state index contributed by atoms with van der Waals surface area (Å²) in [6, 6.07) is 4.88. The predicted molar refractivity (Wildman–Crippen MR) is 67.1 cm³/mol. The number of anilines is 1. The lowest BCUT2D eigenvalue weighted by atomic mass is 10.2. The summed E-state index contributed by atoms with van der Waals surface area (Å²) < 4.78 is 14.8. The largest absolute Gasteiger partial charge is 0.381 e. The normalized spacial score (nSPS) is 10.2. The van der Waals surface area contributed by atoms with Crippen molar-refractivity contribution in [1.82, 2.24) is 9.78 Å². The zero-order valence-electron chi connectivity index (χ0n) is 9.65. The smallest absolute Gasteiger partial charge is 0.125 e. The molecule has 0 fully saturated rings. The molecule has 2 rings (SSSR count). The van der Waals surface area contributed by atoms with Crippen molar-refractivity contribution >= 4 is 11.9 Å². The highest BCUT2D eigenvalue weighted by atomic mass is 19.1. The molecular formula is C13H14FN3. The number of nitrogens with one attached hydrogen (secondary N) is 1. The van der Waals surface area contributed by atoms with Crippen LogP contribution in [0, 0.1) is 12.7 Å². The molecule has 3 nitrogen and oxygen atoms in total. The first-order valence-electron chi connectivity index (χ1n) is 5.34. The topological polar surface area (TPSA) is 29.9 Å². The highest BCUT2D eigenvalue weighted by Gasteiger charge is 1.99. The molecule has 0 radical (unpaired) electrons. The second-order valence-corrected chi connectivity index (χ2v) is 3.88. The highest BCUT2D eigenvalue weighted by Crippen LogP contribution is 2.14. The van der Waals surface area contributed by atoms with Gasteiger partial charge in [-0.15, -0.1) is 0 Å². The summed E-state index contributed by atoms with van der Waals surface area (Å²) in [5.41, 5.74) is 2.69. The fraction of sp³-hybridized carbons (Fsp3) is 0.154. The molecule has 2 aromatic rings. The minimum Gasteiger partial charge on any atom is -0.381 e. The van der Waals surface area contributed by atoms with Gasteiger partial charge in [-0.3, -0.25) is 0 Å². The van der Waals surface area contributed by atoms with E-state index in [4.69, 9.17) is 0 Å². The maximum absolute atomic E-state index is 13.1. The first-order chi connectivity index (χ1) is 8.17. The number of nitrogens with zero attached hydrogens (tertiary/aromatic N) is 2. The van der Waals surface area contributed by atoms with Gasteiger partial charge in [-0.2, -0.15) is 5.10 Å². The molecule has 0 aliphatic carbocycles. The van der Waals surface area contributed by atoms with Crippen LogP contribution >= 0.6 is 0 Å². The van der Waals surface area contributed by atoms with Gasteiger partial charge in [0.1, 0.15) is 5.82 Å². The van der Waals surface area contributed by atoms with Crippen LogP contribution in [0.3, 0.4) is 0 Å². The van der Waals surface area contributed by atoms with Crippen LogP contribution in [0.15, 0.2) is 37.2 Å². The summed E-state index contributed by atoms with van der Waals surface area (Å²) in [5.74, 6) is -0.228. The average molecular weight is 231 g/mol.